The van der Waals surface area contributed by atoms with E-state index in [0.717, 1.165) is 35.4 Å². The molecule has 0 unspecified atom stereocenters. The summed E-state index contributed by atoms with van der Waals surface area (Å²) < 4.78 is 6.40. The normalized spacial score (nSPS) is 16.6. The molecule has 1 heterocycles. The molecule has 0 saturated carbocycles. The molecule has 5 nitrogen and oxygen atoms in total. The topological polar surface area (TPSA) is 58.8 Å². The highest BCUT2D eigenvalue weighted by Crippen LogP contribution is 2.21. The average molecular weight is 370 g/mol. The van der Waals surface area contributed by atoms with Crippen LogP contribution in [0.2, 0.25) is 0 Å². The molecule has 0 aromatic heterocycles. The third-order valence-corrected chi connectivity index (χ3v) is 4.02. The lowest BCUT2D eigenvalue weighted by Crippen LogP contribution is -2.49. The maximum Gasteiger partial charge on any atom is 0.410 e. The summed E-state index contributed by atoms with van der Waals surface area (Å²) in [5.41, 5.74) is 7.51. The molecule has 22 heavy (non-hydrogen) atoms. The molecule has 0 bridgehead atoms. The van der Waals surface area contributed by atoms with Crippen LogP contribution >= 0.6 is 15.9 Å². The molecule has 6 heteroatoms. The number of hydrogen-bond donors (Lipinski definition) is 1. The van der Waals surface area contributed by atoms with E-state index in [1.165, 1.54) is 0 Å². The number of ether oxygens (including phenoxy) is 1. The van der Waals surface area contributed by atoms with Gasteiger partial charge in [0.15, 0.2) is 0 Å². The minimum atomic E-state index is -0.444. The molecule has 1 amide bonds. The molecule has 1 aliphatic heterocycles. The van der Waals surface area contributed by atoms with E-state index >= 15 is 0 Å². The van der Waals surface area contributed by atoms with Crippen LogP contribution in [0.5, 0.6) is 0 Å². The number of anilines is 1. The Bertz CT molecular complexity index is 535. The summed E-state index contributed by atoms with van der Waals surface area (Å²) in [4.78, 5) is 16.1. The maximum atomic E-state index is 12.0. The van der Waals surface area contributed by atoms with Gasteiger partial charge in [-0.2, -0.15) is 0 Å². The highest BCUT2D eigenvalue weighted by Gasteiger charge is 2.25. The van der Waals surface area contributed by atoms with Crippen LogP contribution in [0.4, 0.5) is 10.5 Å². The van der Waals surface area contributed by atoms with Gasteiger partial charge in [-0.3, -0.25) is 4.90 Å². The molecule has 1 aromatic carbocycles. The van der Waals surface area contributed by atoms with Gasteiger partial charge >= 0.3 is 6.09 Å². The molecule has 2 N–H and O–H groups in total. The van der Waals surface area contributed by atoms with Crippen LogP contribution in [0.25, 0.3) is 0 Å². The minimum Gasteiger partial charge on any atom is -0.444 e. The molecule has 1 saturated heterocycles. The van der Waals surface area contributed by atoms with Crippen molar-refractivity contribution in [1.29, 1.82) is 0 Å². The second kappa shape index (κ2) is 6.87. The van der Waals surface area contributed by atoms with E-state index in [9.17, 15) is 4.79 Å². The third kappa shape index (κ3) is 4.88. The van der Waals surface area contributed by atoms with Gasteiger partial charge < -0.3 is 15.4 Å². The van der Waals surface area contributed by atoms with Crippen molar-refractivity contribution in [1.82, 2.24) is 9.80 Å². The number of nitrogen functional groups attached to an aromatic ring is 1. The molecule has 0 atom stereocenters. The molecule has 1 fully saturated rings. The van der Waals surface area contributed by atoms with Gasteiger partial charge in [0.2, 0.25) is 0 Å². The van der Waals surface area contributed by atoms with Gasteiger partial charge in [-0.15, -0.1) is 0 Å². The zero-order valence-electron chi connectivity index (χ0n) is 13.4. The first-order valence-corrected chi connectivity index (χ1v) is 8.28. The quantitative estimate of drug-likeness (QED) is 0.813. The summed E-state index contributed by atoms with van der Waals surface area (Å²) in [6.07, 6.45) is -0.227. The van der Waals surface area contributed by atoms with E-state index < -0.39 is 5.60 Å². The third-order valence-electron chi connectivity index (χ3n) is 3.53. The Morgan fingerprint density at radius 1 is 1.27 bits per heavy atom. The number of piperazine rings is 1. The summed E-state index contributed by atoms with van der Waals surface area (Å²) in [7, 11) is 0. The van der Waals surface area contributed by atoms with Crippen LogP contribution in [-0.2, 0) is 11.3 Å². The van der Waals surface area contributed by atoms with Gasteiger partial charge in [0.25, 0.3) is 0 Å². The van der Waals surface area contributed by atoms with E-state index in [-0.39, 0.29) is 6.09 Å². The Morgan fingerprint density at radius 2 is 1.91 bits per heavy atom. The van der Waals surface area contributed by atoms with Gasteiger partial charge in [-0.25, -0.2) is 4.79 Å². The first-order chi connectivity index (χ1) is 10.2. The van der Waals surface area contributed by atoms with Crippen molar-refractivity contribution < 1.29 is 9.53 Å². The van der Waals surface area contributed by atoms with E-state index in [1.807, 2.05) is 39.0 Å². The SMILES string of the molecule is CC(C)(C)OC(=O)N1CCN(Cc2ccc(Br)cc2N)CC1. The summed E-state index contributed by atoms with van der Waals surface area (Å²) in [5, 5.41) is 0. The number of hydrogen-bond acceptors (Lipinski definition) is 4. The van der Waals surface area contributed by atoms with Crippen molar-refractivity contribution in [3.8, 4) is 0 Å². The van der Waals surface area contributed by atoms with Crippen LogP contribution < -0.4 is 5.73 Å². The van der Waals surface area contributed by atoms with E-state index in [4.69, 9.17) is 10.5 Å². The number of nitrogens with zero attached hydrogens (tertiary/aromatic N) is 2. The molecule has 0 aliphatic carbocycles. The van der Waals surface area contributed by atoms with Crippen molar-refractivity contribution in [2.75, 3.05) is 31.9 Å². The second-order valence-corrected chi connectivity index (χ2v) is 7.50. The summed E-state index contributed by atoms with van der Waals surface area (Å²) in [5.74, 6) is 0. The van der Waals surface area contributed by atoms with Crippen molar-refractivity contribution in [3.63, 3.8) is 0 Å². The first kappa shape index (κ1) is 17.1. The number of carbonyl (C=O) groups is 1. The van der Waals surface area contributed by atoms with Gasteiger partial charge in [0, 0.05) is 42.9 Å². The zero-order valence-corrected chi connectivity index (χ0v) is 15.0. The number of benzene rings is 1. The Labute approximate surface area is 140 Å². The monoisotopic (exact) mass is 369 g/mol. The Kier molecular flexibility index (Phi) is 5.34. The largest absolute Gasteiger partial charge is 0.444 e. The smallest absolute Gasteiger partial charge is 0.410 e. The lowest BCUT2D eigenvalue weighted by molar-refractivity contribution is 0.0139. The number of halogens is 1. The van der Waals surface area contributed by atoms with Crippen molar-refractivity contribution in [2.24, 2.45) is 0 Å². The predicted octanol–water partition coefficient (Wildman–Crippen LogP) is 3.08. The van der Waals surface area contributed by atoms with Crippen molar-refractivity contribution in [2.45, 2.75) is 32.9 Å². The maximum absolute atomic E-state index is 12.0. The Hall–Kier alpha value is -1.27. The Morgan fingerprint density at radius 3 is 2.45 bits per heavy atom. The van der Waals surface area contributed by atoms with Crippen molar-refractivity contribution >= 4 is 27.7 Å². The van der Waals surface area contributed by atoms with E-state index in [1.54, 1.807) is 4.90 Å². The Balaban J connectivity index is 1.86. The lowest BCUT2D eigenvalue weighted by atomic mass is 10.1. The van der Waals surface area contributed by atoms with Crippen LogP contribution in [0.15, 0.2) is 22.7 Å². The van der Waals surface area contributed by atoms with Gasteiger partial charge in [-0.1, -0.05) is 22.0 Å². The molecule has 1 aromatic rings. The van der Waals surface area contributed by atoms with E-state index in [0.29, 0.717) is 13.1 Å². The highest BCUT2D eigenvalue weighted by atomic mass is 79.9. The fourth-order valence-electron chi connectivity index (χ4n) is 2.37. The van der Waals surface area contributed by atoms with Crippen LogP contribution in [-0.4, -0.2) is 47.7 Å². The predicted molar refractivity (Wildman–Crippen MR) is 91.6 cm³/mol. The van der Waals surface area contributed by atoms with Gasteiger partial charge in [0.05, 0.1) is 0 Å². The fourth-order valence-corrected chi connectivity index (χ4v) is 2.74. The van der Waals surface area contributed by atoms with E-state index in [2.05, 4.69) is 20.8 Å². The summed E-state index contributed by atoms with van der Waals surface area (Å²) in [6.45, 7) is 9.49. The van der Waals surface area contributed by atoms with Crippen LogP contribution in [0.1, 0.15) is 26.3 Å². The first-order valence-electron chi connectivity index (χ1n) is 7.49. The number of carbonyl (C=O) groups excluding carboxylic acids is 1. The molecule has 122 valence electrons. The summed E-state index contributed by atoms with van der Waals surface area (Å²) in [6, 6.07) is 5.97. The highest BCUT2D eigenvalue weighted by molar-refractivity contribution is 9.10. The molecule has 0 spiro atoms. The van der Waals surface area contributed by atoms with Crippen LogP contribution in [0.3, 0.4) is 0 Å². The van der Waals surface area contributed by atoms with Crippen molar-refractivity contribution in [3.05, 3.63) is 28.2 Å². The van der Waals surface area contributed by atoms with Crippen LogP contribution in [0, 0.1) is 0 Å². The average Bonchev–Trinajstić information content (AvgIpc) is 2.41. The minimum absolute atomic E-state index is 0.227. The lowest BCUT2D eigenvalue weighted by Gasteiger charge is -2.35. The molecule has 0 radical (unpaired) electrons. The molecular formula is C16H24BrN3O2. The number of nitrogens with two attached hydrogens (primary N) is 1. The fraction of sp³-hybridized carbons (Fsp3) is 0.562. The van der Waals surface area contributed by atoms with Gasteiger partial charge in [-0.05, 0) is 38.5 Å². The molecule has 2 rings (SSSR count). The standard InChI is InChI=1S/C16H24BrN3O2/c1-16(2,3)22-15(21)20-8-6-19(7-9-20)11-12-4-5-13(17)10-14(12)18/h4-5,10H,6-9,11,18H2,1-3H3. The summed E-state index contributed by atoms with van der Waals surface area (Å²) >= 11 is 3.42. The number of rotatable bonds is 2. The second-order valence-electron chi connectivity index (χ2n) is 6.59. The molecule has 1 aliphatic rings. The zero-order chi connectivity index (χ0) is 16.3. The van der Waals surface area contributed by atoms with Gasteiger partial charge in [0.1, 0.15) is 5.60 Å². The number of amides is 1. The molecular weight excluding hydrogens is 346 g/mol.